The summed E-state index contributed by atoms with van der Waals surface area (Å²) in [4.78, 5) is 23.4. The summed E-state index contributed by atoms with van der Waals surface area (Å²) in [6.07, 6.45) is 0.718. The second-order valence-electron chi connectivity index (χ2n) is 4.74. The van der Waals surface area contributed by atoms with Crippen LogP contribution in [0.4, 0.5) is 5.69 Å². The number of hydrogen-bond donors (Lipinski definition) is 1. The number of hydrogen-bond acceptors (Lipinski definition) is 3. The van der Waals surface area contributed by atoms with E-state index in [1.165, 1.54) is 5.01 Å². The van der Waals surface area contributed by atoms with Gasteiger partial charge in [0, 0.05) is 25.6 Å². The molecule has 1 N–H and O–H groups in total. The second kappa shape index (κ2) is 5.22. The Hall–Kier alpha value is -2.17. The third kappa shape index (κ3) is 2.99. The molecule has 1 aliphatic heterocycles. The number of amides is 2. The molecule has 0 atom stereocenters. The highest BCUT2D eigenvalue weighted by Crippen LogP contribution is 2.17. The van der Waals surface area contributed by atoms with Gasteiger partial charge in [0.2, 0.25) is 5.91 Å². The normalized spacial score (nSPS) is 15.2. The van der Waals surface area contributed by atoms with Crippen LogP contribution in [0.15, 0.2) is 23.3 Å². The summed E-state index contributed by atoms with van der Waals surface area (Å²) in [5, 5.41) is 8.05. The van der Waals surface area contributed by atoms with Gasteiger partial charge in [-0.05, 0) is 25.5 Å². The van der Waals surface area contributed by atoms with Crippen LogP contribution in [0, 0.1) is 13.8 Å². The quantitative estimate of drug-likeness (QED) is 0.881. The van der Waals surface area contributed by atoms with Crippen molar-refractivity contribution in [3.8, 4) is 0 Å². The van der Waals surface area contributed by atoms with Gasteiger partial charge in [0.15, 0.2) is 0 Å². The smallest absolute Gasteiger partial charge is 0.271 e. The van der Waals surface area contributed by atoms with Gasteiger partial charge >= 0.3 is 0 Å². The lowest BCUT2D eigenvalue weighted by Crippen LogP contribution is -2.34. The Balaban J connectivity index is 2.13. The predicted octanol–water partition coefficient (Wildman–Crippen LogP) is 1.85. The van der Waals surface area contributed by atoms with E-state index in [2.05, 4.69) is 10.4 Å². The van der Waals surface area contributed by atoms with Crippen LogP contribution in [0.25, 0.3) is 0 Å². The van der Waals surface area contributed by atoms with E-state index in [1.807, 2.05) is 32.0 Å². The van der Waals surface area contributed by atoms with Gasteiger partial charge in [-0.1, -0.05) is 17.7 Å². The Morgan fingerprint density at radius 1 is 1.32 bits per heavy atom. The minimum atomic E-state index is -0.244. The molecule has 2 rings (SSSR count). The van der Waals surface area contributed by atoms with E-state index < -0.39 is 0 Å². The van der Waals surface area contributed by atoms with Crippen molar-refractivity contribution in [3.05, 3.63) is 29.3 Å². The van der Waals surface area contributed by atoms with Crippen molar-refractivity contribution >= 4 is 23.2 Å². The van der Waals surface area contributed by atoms with Crippen molar-refractivity contribution in [1.82, 2.24) is 5.01 Å². The van der Waals surface area contributed by atoms with Crippen molar-refractivity contribution in [2.75, 3.05) is 12.4 Å². The molecule has 100 valence electrons. The van der Waals surface area contributed by atoms with Crippen LogP contribution < -0.4 is 5.32 Å². The van der Waals surface area contributed by atoms with Crippen LogP contribution in [0.2, 0.25) is 0 Å². The third-order valence-corrected chi connectivity index (χ3v) is 3.10. The Morgan fingerprint density at radius 3 is 2.68 bits per heavy atom. The first-order valence-electron chi connectivity index (χ1n) is 6.20. The monoisotopic (exact) mass is 259 g/mol. The first-order chi connectivity index (χ1) is 8.97. The maximum Gasteiger partial charge on any atom is 0.271 e. The van der Waals surface area contributed by atoms with E-state index >= 15 is 0 Å². The minimum Gasteiger partial charge on any atom is -0.321 e. The number of aryl methyl sites for hydroxylation is 2. The van der Waals surface area contributed by atoms with Crippen molar-refractivity contribution in [2.24, 2.45) is 5.10 Å². The fourth-order valence-electron chi connectivity index (χ4n) is 1.98. The lowest BCUT2D eigenvalue weighted by Gasteiger charge is -2.19. The maximum atomic E-state index is 12.1. The van der Waals surface area contributed by atoms with Gasteiger partial charge in [-0.15, -0.1) is 0 Å². The summed E-state index contributed by atoms with van der Waals surface area (Å²) in [6, 6.07) is 5.83. The number of nitrogens with one attached hydrogen (secondary N) is 1. The molecule has 1 aromatic carbocycles. The van der Waals surface area contributed by atoms with E-state index in [4.69, 9.17) is 0 Å². The van der Waals surface area contributed by atoms with Gasteiger partial charge in [-0.25, -0.2) is 5.01 Å². The Kier molecular flexibility index (Phi) is 3.64. The molecule has 19 heavy (non-hydrogen) atoms. The number of nitrogens with zero attached hydrogens (tertiary/aromatic N) is 2. The van der Waals surface area contributed by atoms with Crippen molar-refractivity contribution < 1.29 is 9.59 Å². The SMILES string of the molecule is Cc1ccc(NC(=O)C2=NN(C)C(=O)CC2)c(C)c1. The minimum absolute atomic E-state index is 0.0666. The Morgan fingerprint density at radius 2 is 2.05 bits per heavy atom. The fourth-order valence-corrected chi connectivity index (χ4v) is 1.98. The third-order valence-electron chi connectivity index (χ3n) is 3.10. The summed E-state index contributed by atoms with van der Waals surface area (Å²) in [6.45, 7) is 3.95. The van der Waals surface area contributed by atoms with Gasteiger partial charge in [0.1, 0.15) is 5.71 Å². The summed E-state index contributed by atoms with van der Waals surface area (Å²) in [7, 11) is 1.56. The van der Waals surface area contributed by atoms with E-state index in [0.29, 0.717) is 18.6 Å². The summed E-state index contributed by atoms with van der Waals surface area (Å²) >= 11 is 0. The van der Waals surface area contributed by atoms with Gasteiger partial charge in [-0.2, -0.15) is 5.10 Å². The topological polar surface area (TPSA) is 61.8 Å². The van der Waals surface area contributed by atoms with Crippen LogP contribution in [0.3, 0.4) is 0 Å². The number of benzene rings is 1. The average molecular weight is 259 g/mol. The van der Waals surface area contributed by atoms with Gasteiger partial charge < -0.3 is 5.32 Å². The summed E-state index contributed by atoms with van der Waals surface area (Å²) in [5.41, 5.74) is 3.32. The highest BCUT2D eigenvalue weighted by Gasteiger charge is 2.22. The zero-order valence-corrected chi connectivity index (χ0v) is 11.4. The number of carbonyl (C=O) groups excluding carboxylic acids is 2. The summed E-state index contributed by atoms with van der Waals surface area (Å²) < 4.78 is 0. The Labute approximate surface area is 112 Å². The fraction of sp³-hybridized carbons (Fsp3) is 0.357. The largest absolute Gasteiger partial charge is 0.321 e. The van der Waals surface area contributed by atoms with Crippen LogP contribution in [0.5, 0.6) is 0 Å². The molecule has 0 saturated heterocycles. The Bertz CT molecular complexity index is 564. The zero-order chi connectivity index (χ0) is 14.0. The van der Waals surface area contributed by atoms with Crippen LogP contribution in [0.1, 0.15) is 24.0 Å². The van der Waals surface area contributed by atoms with Crippen LogP contribution in [-0.4, -0.2) is 29.6 Å². The van der Waals surface area contributed by atoms with Gasteiger partial charge in [-0.3, -0.25) is 9.59 Å². The molecule has 1 aromatic rings. The van der Waals surface area contributed by atoms with Gasteiger partial charge in [0.05, 0.1) is 0 Å². The molecule has 0 fully saturated rings. The molecule has 5 nitrogen and oxygen atoms in total. The molecule has 1 aliphatic rings. The molecule has 1 heterocycles. The van der Waals surface area contributed by atoms with E-state index in [9.17, 15) is 9.59 Å². The molecule has 0 spiro atoms. The van der Waals surface area contributed by atoms with E-state index in [1.54, 1.807) is 7.05 Å². The molecule has 0 radical (unpaired) electrons. The second-order valence-corrected chi connectivity index (χ2v) is 4.74. The molecular weight excluding hydrogens is 242 g/mol. The first kappa shape index (κ1) is 13.3. The molecule has 0 bridgehead atoms. The van der Waals surface area contributed by atoms with E-state index in [-0.39, 0.29) is 11.8 Å². The lowest BCUT2D eigenvalue weighted by molar-refractivity contribution is -0.130. The summed E-state index contributed by atoms with van der Waals surface area (Å²) in [5.74, 6) is -0.311. The number of hydrazone groups is 1. The van der Waals surface area contributed by atoms with E-state index in [0.717, 1.165) is 16.8 Å². The number of rotatable bonds is 2. The van der Waals surface area contributed by atoms with Crippen LogP contribution >= 0.6 is 0 Å². The lowest BCUT2D eigenvalue weighted by atomic mass is 10.1. The number of anilines is 1. The van der Waals surface area contributed by atoms with Crippen molar-refractivity contribution in [3.63, 3.8) is 0 Å². The molecule has 0 saturated carbocycles. The molecule has 0 aliphatic carbocycles. The molecule has 0 unspecified atom stereocenters. The molecule has 5 heteroatoms. The zero-order valence-electron chi connectivity index (χ0n) is 11.4. The van der Waals surface area contributed by atoms with Gasteiger partial charge in [0.25, 0.3) is 5.91 Å². The predicted molar refractivity (Wildman–Crippen MR) is 74.0 cm³/mol. The first-order valence-corrected chi connectivity index (χ1v) is 6.20. The molecule has 0 aromatic heterocycles. The van der Waals surface area contributed by atoms with Crippen LogP contribution in [-0.2, 0) is 9.59 Å². The standard InChI is InChI=1S/C14H17N3O2/c1-9-4-5-11(10(2)8-9)15-14(19)12-6-7-13(18)17(3)16-12/h4-5,8H,6-7H2,1-3H3,(H,15,19). The number of carbonyl (C=O) groups is 2. The molecule has 2 amide bonds. The maximum absolute atomic E-state index is 12.1. The highest BCUT2D eigenvalue weighted by atomic mass is 16.2. The van der Waals surface area contributed by atoms with Crippen molar-refractivity contribution in [1.29, 1.82) is 0 Å². The highest BCUT2D eigenvalue weighted by molar-refractivity contribution is 6.43. The average Bonchev–Trinajstić information content (AvgIpc) is 2.36. The molecular formula is C14H17N3O2. The van der Waals surface area contributed by atoms with Crippen molar-refractivity contribution in [2.45, 2.75) is 26.7 Å².